The van der Waals surface area contributed by atoms with E-state index in [1.807, 2.05) is 13.8 Å². The average Bonchev–Trinajstić information content (AvgIpc) is 3.16. The Morgan fingerprint density at radius 2 is 2.11 bits per heavy atom. The van der Waals surface area contributed by atoms with Crippen molar-refractivity contribution in [3.63, 3.8) is 0 Å². The number of carbonyl (C=O) groups is 1. The molecule has 1 unspecified atom stereocenters. The first-order valence-corrected chi connectivity index (χ1v) is 11.0. The van der Waals surface area contributed by atoms with Gasteiger partial charge in [-0.15, -0.1) is 0 Å². The maximum absolute atomic E-state index is 12.8. The highest BCUT2D eigenvalue weighted by molar-refractivity contribution is 7.89. The molecule has 0 radical (unpaired) electrons. The highest BCUT2D eigenvalue weighted by atomic mass is 32.2. The zero-order valence-electron chi connectivity index (χ0n) is 16.5. The summed E-state index contributed by atoms with van der Waals surface area (Å²) in [4.78, 5) is 20.6. The number of pyridine rings is 1. The highest BCUT2D eigenvalue weighted by Gasteiger charge is 2.28. The molecule has 1 fully saturated rings. The lowest BCUT2D eigenvalue weighted by Gasteiger charge is -2.29. The predicted molar refractivity (Wildman–Crippen MR) is 106 cm³/mol. The molecule has 3 rings (SSSR count). The molecule has 1 atom stereocenters. The zero-order valence-corrected chi connectivity index (χ0v) is 17.3. The lowest BCUT2D eigenvalue weighted by molar-refractivity contribution is 0.0944. The van der Waals surface area contributed by atoms with E-state index in [9.17, 15) is 13.2 Å². The lowest BCUT2D eigenvalue weighted by atomic mass is 10.0. The van der Waals surface area contributed by atoms with Crippen molar-refractivity contribution < 1.29 is 13.2 Å². The minimum atomic E-state index is -3.54. The van der Waals surface area contributed by atoms with Crippen molar-refractivity contribution in [2.75, 3.05) is 19.6 Å². The molecule has 1 N–H and O–H groups in total. The second-order valence-corrected chi connectivity index (χ2v) is 9.67. The van der Waals surface area contributed by atoms with Crippen molar-refractivity contribution in [1.29, 1.82) is 0 Å². The molecule has 1 amide bonds. The summed E-state index contributed by atoms with van der Waals surface area (Å²) in [5.74, 6) is 0.972. The van der Waals surface area contributed by atoms with Crippen molar-refractivity contribution in [3.05, 3.63) is 36.5 Å². The van der Waals surface area contributed by atoms with Gasteiger partial charge in [-0.1, -0.05) is 20.8 Å². The van der Waals surface area contributed by atoms with Crippen molar-refractivity contribution in [1.82, 2.24) is 24.2 Å². The van der Waals surface area contributed by atoms with E-state index in [4.69, 9.17) is 0 Å². The molecule has 3 heterocycles. The summed E-state index contributed by atoms with van der Waals surface area (Å²) in [6, 6.07) is 3.17. The molecule has 152 valence electrons. The summed E-state index contributed by atoms with van der Waals surface area (Å²) in [6.45, 7) is 7.76. The Bertz CT molecular complexity index is 921. The van der Waals surface area contributed by atoms with E-state index in [2.05, 4.69) is 22.2 Å². The van der Waals surface area contributed by atoms with Gasteiger partial charge in [-0.05, 0) is 36.8 Å². The number of nitrogens with one attached hydrogen (secondary N) is 1. The topological polar surface area (TPSA) is 97.2 Å². The largest absolute Gasteiger partial charge is 0.350 e. The van der Waals surface area contributed by atoms with Crippen LogP contribution in [0.2, 0.25) is 0 Å². The fourth-order valence-electron chi connectivity index (χ4n) is 3.14. The molecule has 0 spiro atoms. The standard InChI is InChI=1S/C19H27N5O3S/c1-14(2)9-21-19(25)17-12-23(13-22-17)18-7-6-16(10-20-18)28(26,27)24-8-4-5-15(3)11-24/h6-7,10,12-15H,4-5,8-9,11H2,1-3H3,(H,21,25). The van der Waals surface area contributed by atoms with Crippen LogP contribution >= 0.6 is 0 Å². The summed E-state index contributed by atoms with van der Waals surface area (Å²) >= 11 is 0. The van der Waals surface area contributed by atoms with Gasteiger partial charge < -0.3 is 5.32 Å². The number of imidazole rings is 1. The van der Waals surface area contributed by atoms with Crippen LogP contribution in [0.15, 0.2) is 35.7 Å². The van der Waals surface area contributed by atoms with Crippen LogP contribution < -0.4 is 5.32 Å². The summed E-state index contributed by atoms with van der Waals surface area (Å²) in [5, 5.41) is 2.81. The van der Waals surface area contributed by atoms with Crippen LogP contribution in [0.1, 0.15) is 44.1 Å². The lowest BCUT2D eigenvalue weighted by Crippen LogP contribution is -2.39. The monoisotopic (exact) mass is 405 g/mol. The first-order valence-electron chi connectivity index (χ1n) is 9.56. The Morgan fingerprint density at radius 3 is 2.75 bits per heavy atom. The average molecular weight is 406 g/mol. The van der Waals surface area contributed by atoms with E-state index in [1.165, 1.54) is 16.8 Å². The maximum Gasteiger partial charge on any atom is 0.271 e. The van der Waals surface area contributed by atoms with Gasteiger partial charge >= 0.3 is 0 Å². The normalized spacial score (nSPS) is 18.4. The van der Waals surface area contributed by atoms with Crippen molar-refractivity contribution in [2.45, 2.75) is 38.5 Å². The number of nitrogens with zero attached hydrogens (tertiary/aromatic N) is 4. The molecule has 0 aliphatic carbocycles. The number of piperidine rings is 1. The van der Waals surface area contributed by atoms with Gasteiger partial charge in [0, 0.05) is 32.0 Å². The summed E-state index contributed by atoms with van der Waals surface area (Å²) in [5.41, 5.74) is 0.293. The summed E-state index contributed by atoms with van der Waals surface area (Å²) < 4.78 is 28.8. The van der Waals surface area contributed by atoms with Crippen LogP contribution in [0.3, 0.4) is 0 Å². The number of hydrogen-bond donors (Lipinski definition) is 1. The highest BCUT2D eigenvalue weighted by Crippen LogP contribution is 2.23. The molecular formula is C19H27N5O3S. The minimum absolute atomic E-state index is 0.181. The Balaban J connectivity index is 1.73. The Hall–Kier alpha value is -2.26. The first-order chi connectivity index (χ1) is 13.3. The van der Waals surface area contributed by atoms with Gasteiger partial charge in [0.05, 0.1) is 0 Å². The number of hydrogen-bond acceptors (Lipinski definition) is 5. The number of rotatable bonds is 6. The molecule has 1 aliphatic rings. The molecule has 1 saturated heterocycles. The van der Waals surface area contributed by atoms with Crippen LogP contribution in [-0.4, -0.2) is 52.8 Å². The van der Waals surface area contributed by atoms with Crippen LogP contribution in [0, 0.1) is 11.8 Å². The number of sulfonamides is 1. The smallest absolute Gasteiger partial charge is 0.271 e. The number of carbonyl (C=O) groups excluding carboxylic acids is 1. The van der Waals surface area contributed by atoms with Gasteiger partial charge in [0.2, 0.25) is 10.0 Å². The Labute approximate surface area is 166 Å². The van der Waals surface area contributed by atoms with E-state index in [0.29, 0.717) is 43.0 Å². The molecule has 8 nitrogen and oxygen atoms in total. The van der Waals surface area contributed by atoms with Crippen LogP contribution in [0.25, 0.3) is 5.82 Å². The molecule has 0 bridgehead atoms. The van der Waals surface area contributed by atoms with E-state index in [1.54, 1.807) is 22.9 Å². The molecule has 1 aliphatic heterocycles. The third kappa shape index (κ3) is 4.59. The Kier molecular flexibility index (Phi) is 6.14. The second kappa shape index (κ2) is 8.40. The third-order valence-corrected chi connectivity index (χ3v) is 6.58. The van der Waals surface area contributed by atoms with Crippen molar-refractivity contribution in [3.8, 4) is 5.82 Å². The number of aromatic nitrogens is 3. The zero-order chi connectivity index (χ0) is 20.3. The van der Waals surface area contributed by atoms with E-state index in [-0.39, 0.29) is 10.8 Å². The fraction of sp³-hybridized carbons (Fsp3) is 0.526. The molecule has 28 heavy (non-hydrogen) atoms. The molecule has 0 saturated carbocycles. The summed E-state index contributed by atoms with van der Waals surface area (Å²) in [6.07, 6.45) is 6.37. The van der Waals surface area contributed by atoms with Crippen molar-refractivity contribution in [2.24, 2.45) is 11.8 Å². The summed E-state index contributed by atoms with van der Waals surface area (Å²) in [7, 11) is -3.54. The van der Waals surface area contributed by atoms with Gasteiger partial charge in [-0.2, -0.15) is 4.31 Å². The maximum atomic E-state index is 12.8. The minimum Gasteiger partial charge on any atom is -0.350 e. The second-order valence-electron chi connectivity index (χ2n) is 7.73. The van der Waals surface area contributed by atoms with E-state index >= 15 is 0 Å². The first kappa shape index (κ1) is 20.5. The molecule has 2 aromatic rings. The van der Waals surface area contributed by atoms with E-state index in [0.717, 1.165) is 12.8 Å². The van der Waals surface area contributed by atoms with Crippen molar-refractivity contribution >= 4 is 15.9 Å². The van der Waals surface area contributed by atoms with Crippen LogP contribution in [0.5, 0.6) is 0 Å². The van der Waals surface area contributed by atoms with Gasteiger partial charge in [0.15, 0.2) is 0 Å². The van der Waals surface area contributed by atoms with Gasteiger partial charge in [-0.3, -0.25) is 9.36 Å². The quantitative estimate of drug-likeness (QED) is 0.793. The van der Waals surface area contributed by atoms with E-state index < -0.39 is 10.0 Å². The molecule has 9 heteroatoms. The van der Waals surface area contributed by atoms with Gasteiger partial charge in [0.1, 0.15) is 22.7 Å². The predicted octanol–water partition coefficient (Wildman–Crippen LogP) is 2.07. The van der Waals surface area contributed by atoms with Crippen LogP contribution in [0.4, 0.5) is 0 Å². The SMILES string of the molecule is CC(C)CNC(=O)c1cn(-c2ccc(S(=O)(=O)N3CCCC(C)C3)cn2)cn1. The van der Waals surface area contributed by atoms with Gasteiger partial charge in [0.25, 0.3) is 5.91 Å². The third-order valence-electron chi connectivity index (χ3n) is 4.73. The van der Waals surface area contributed by atoms with Crippen LogP contribution in [-0.2, 0) is 10.0 Å². The molecule has 2 aromatic heterocycles. The fourth-order valence-corrected chi connectivity index (χ4v) is 4.69. The molecule has 0 aromatic carbocycles. The molecular weight excluding hydrogens is 378 g/mol. The number of amides is 1. The van der Waals surface area contributed by atoms with Gasteiger partial charge in [-0.25, -0.2) is 18.4 Å². The Morgan fingerprint density at radius 1 is 1.32 bits per heavy atom.